The van der Waals surface area contributed by atoms with Gasteiger partial charge in [0.15, 0.2) is 0 Å². The molecule has 1 aromatic rings. The SMILES string of the molecule is COC#CC(=C\C=C\C(=O)OC)/C=C/c1ccccc1. The van der Waals surface area contributed by atoms with Crippen LogP contribution in [0.3, 0.4) is 0 Å². The van der Waals surface area contributed by atoms with Crippen LogP contribution in [0.25, 0.3) is 6.08 Å². The summed E-state index contributed by atoms with van der Waals surface area (Å²) >= 11 is 0. The smallest absolute Gasteiger partial charge is 0.330 e. The molecule has 0 aliphatic heterocycles. The molecule has 0 fully saturated rings. The van der Waals surface area contributed by atoms with Crippen molar-refractivity contribution in [3.63, 3.8) is 0 Å². The maximum Gasteiger partial charge on any atom is 0.330 e. The van der Waals surface area contributed by atoms with Gasteiger partial charge in [-0.25, -0.2) is 4.79 Å². The molecule has 0 saturated heterocycles. The second kappa shape index (κ2) is 9.23. The first kappa shape index (κ1) is 15.3. The van der Waals surface area contributed by atoms with E-state index in [1.54, 1.807) is 12.2 Å². The molecule has 0 aromatic heterocycles. The average Bonchev–Trinajstić information content (AvgIpc) is 2.50. The summed E-state index contributed by atoms with van der Waals surface area (Å²) in [6, 6.07) is 9.85. The van der Waals surface area contributed by atoms with Crippen molar-refractivity contribution in [2.75, 3.05) is 14.2 Å². The number of carbonyl (C=O) groups is 1. The molecular weight excluding hydrogens is 252 g/mol. The zero-order valence-corrected chi connectivity index (χ0v) is 11.5. The summed E-state index contributed by atoms with van der Waals surface area (Å²) < 4.78 is 9.23. The largest absolute Gasteiger partial charge is 0.466 e. The van der Waals surface area contributed by atoms with Crippen molar-refractivity contribution in [3.05, 3.63) is 65.8 Å². The van der Waals surface area contributed by atoms with Crippen LogP contribution in [-0.4, -0.2) is 20.2 Å². The molecule has 0 amide bonds. The summed E-state index contributed by atoms with van der Waals surface area (Å²) in [5.74, 6) is 2.42. The molecule has 3 heteroatoms. The van der Waals surface area contributed by atoms with E-state index in [-0.39, 0.29) is 0 Å². The summed E-state index contributed by atoms with van der Waals surface area (Å²) in [4.78, 5) is 11.0. The molecule has 1 aromatic carbocycles. The molecule has 0 saturated carbocycles. The fourth-order valence-electron chi connectivity index (χ4n) is 1.30. The van der Waals surface area contributed by atoms with Crippen molar-refractivity contribution >= 4 is 12.0 Å². The zero-order chi connectivity index (χ0) is 14.6. The first-order chi connectivity index (χ1) is 9.76. The molecule has 0 aliphatic rings. The Morgan fingerprint density at radius 1 is 1.15 bits per heavy atom. The summed E-state index contributed by atoms with van der Waals surface area (Å²) in [5.41, 5.74) is 1.78. The monoisotopic (exact) mass is 268 g/mol. The minimum Gasteiger partial charge on any atom is -0.466 e. The Morgan fingerprint density at radius 3 is 2.55 bits per heavy atom. The summed E-state index contributed by atoms with van der Waals surface area (Å²) in [6.45, 7) is 0. The van der Waals surface area contributed by atoms with Gasteiger partial charge in [-0.15, -0.1) is 0 Å². The molecule has 0 atom stereocenters. The quantitative estimate of drug-likeness (QED) is 0.364. The minimum absolute atomic E-state index is 0.410. The Morgan fingerprint density at radius 2 is 1.90 bits per heavy atom. The summed E-state index contributed by atoms with van der Waals surface area (Å²) in [6.07, 6.45) is 10.9. The van der Waals surface area contributed by atoms with Crippen LogP contribution in [0.1, 0.15) is 5.56 Å². The first-order valence-corrected chi connectivity index (χ1v) is 5.99. The number of rotatable bonds is 4. The maximum atomic E-state index is 11.0. The number of benzene rings is 1. The molecule has 0 unspecified atom stereocenters. The highest BCUT2D eigenvalue weighted by molar-refractivity contribution is 5.82. The number of allylic oxidation sites excluding steroid dienone is 4. The number of hydrogen-bond donors (Lipinski definition) is 0. The van der Waals surface area contributed by atoms with Crippen LogP contribution in [0.15, 0.2) is 60.2 Å². The predicted molar refractivity (Wildman–Crippen MR) is 79.5 cm³/mol. The van der Waals surface area contributed by atoms with Gasteiger partial charge in [-0.2, -0.15) is 0 Å². The van der Waals surface area contributed by atoms with Gasteiger partial charge >= 0.3 is 5.97 Å². The number of ether oxygens (including phenoxy) is 2. The molecule has 0 radical (unpaired) electrons. The van der Waals surface area contributed by atoms with Crippen LogP contribution >= 0.6 is 0 Å². The van der Waals surface area contributed by atoms with E-state index in [1.807, 2.05) is 42.5 Å². The van der Waals surface area contributed by atoms with E-state index in [9.17, 15) is 4.79 Å². The van der Waals surface area contributed by atoms with Gasteiger partial charge in [0.2, 0.25) is 0 Å². The second-order valence-electron chi connectivity index (χ2n) is 3.68. The van der Waals surface area contributed by atoms with Crippen LogP contribution in [0, 0.1) is 12.0 Å². The topological polar surface area (TPSA) is 35.5 Å². The third-order valence-electron chi connectivity index (χ3n) is 2.26. The fourth-order valence-corrected chi connectivity index (χ4v) is 1.30. The maximum absolute atomic E-state index is 11.0. The van der Waals surface area contributed by atoms with Gasteiger partial charge in [-0.1, -0.05) is 42.5 Å². The van der Waals surface area contributed by atoms with Gasteiger partial charge in [0, 0.05) is 11.6 Å². The summed E-state index contributed by atoms with van der Waals surface area (Å²) in [7, 11) is 2.83. The lowest BCUT2D eigenvalue weighted by Gasteiger charge is -1.92. The highest BCUT2D eigenvalue weighted by Gasteiger charge is 1.90. The van der Waals surface area contributed by atoms with Gasteiger partial charge in [-0.3, -0.25) is 0 Å². The van der Waals surface area contributed by atoms with Gasteiger partial charge in [-0.05, 0) is 23.6 Å². The van der Waals surface area contributed by atoms with Crippen LogP contribution in [0.5, 0.6) is 0 Å². The van der Waals surface area contributed by atoms with Crippen LogP contribution < -0.4 is 0 Å². The lowest BCUT2D eigenvalue weighted by atomic mass is 10.1. The molecular formula is C17H16O3. The van der Waals surface area contributed by atoms with E-state index < -0.39 is 5.97 Å². The molecule has 0 heterocycles. The Balaban J connectivity index is 2.84. The molecule has 3 nitrogen and oxygen atoms in total. The average molecular weight is 268 g/mol. The molecule has 0 bridgehead atoms. The molecule has 20 heavy (non-hydrogen) atoms. The molecule has 0 aliphatic carbocycles. The standard InChI is InChI=1S/C17H16O3/c1-19-14-13-16(9-6-10-17(18)20-2)12-11-15-7-4-3-5-8-15/h3-12H,1-2H3/b10-6+,12-11+,16-9-. The van der Waals surface area contributed by atoms with Gasteiger partial charge in [0.05, 0.1) is 14.2 Å². The predicted octanol–water partition coefficient (Wildman–Crippen LogP) is 2.96. The van der Waals surface area contributed by atoms with Crippen molar-refractivity contribution in [2.45, 2.75) is 0 Å². The molecule has 1 rings (SSSR count). The number of esters is 1. The van der Waals surface area contributed by atoms with Crippen molar-refractivity contribution in [1.29, 1.82) is 0 Å². The van der Waals surface area contributed by atoms with E-state index >= 15 is 0 Å². The van der Waals surface area contributed by atoms with Crippen LogP contribution in [0.2, 0.25) is 0 Å². The Bertz CT molecular complexity index is 569. The molecule has 0 spiro atoms. The lowest BCUT2D eigenvalue weighted by molar-refractivity contribution is -0.134. The van der Waals surface area contributed by atoms with E-state index in [1.165, 1.54) is 20.3 Å². The number of carbonyl (C=O) groups excluding carboxylic acids is 1. The molecule has 0 N–H and O–H groups in total. The fraction of sp³-hybridized carbons (Fsp3) is 0.118. The first-order valence-electron chi connectivity index (χ1n) is 5.99. The third-order valence-corrected chi connectivity index (χ3v) is 2.26. The van der Waals surface area contributed by atoms with Crippen molar-refractivity contribution in [2.24, 2.45) is 0 Å². The zero-order valence-electron chi connectivity index (χ0n) is 11.5. The number of hydrogen-bond acceptors (Lipinski definition) is 3. The van der Waals surface area contributed by atoms with Gasteiger partial charge < -0.3 is 9.47 Å². The van der Waals surface area contributed by atoms with Crippen molar-refractivity contribution < 1.29 is 14.3 Å². The van der Waals surface area contributed by atoms with E-state index in [4.69, 9.17) is 4.74 Å². The highest BCUT2D eigenvalue weighted by atomic mass is 16.5. The summed E-state index contributed by atoms with van der Waals surface area (Å²) in [5, 5.41) is 0. The lowest BCUT2D eigenvalue weighted by Crippen LogP contribution is -1.92. The highest BCUT2D eigenvalue weighted by Crippen LogP contribution is 2.05. The Kier molecular flexibility index (Phi) is 7.08. The molecule has 102 valence electrons. The van der Waals surface area contributed by atoms with E-state index in [0.717, 1.165) is 11.1 Å². The van der Waals surface area contributed by atoms with Crippen LogP contribution in [0.4, 0.5) is 0 Å². The van der Waals surface area contributed by atoms with Gasteiger partial charge in [0.25, 0.3) is 0 Å². The van der Waals surface area contributed by atoms with Crippen LogP contribution in [-0.2, 0) is 14.3 Å². The van der Waals surface area contributed by atoms with Gasteiger partial charge in [0.1, 0.15) is 6.11 Å². The number of methoxy groups -OCH3 is 2. The van der Waals surface area contributed by atoms with E-state index in [2.05, 4.69) is 16.8 Å². The van der Waals surface area contributed by atoms with Crippen molar-refractivity contribution in [3.8, 4) is 12.0 Å². The third kappa shape index (κ3) is 6.27. The second-order valence-corrected chi connectivity index (χ2v) is 3.68. The Labute approximate surface area is 119 Å². The minimum atomic E-state index is -0.410. The van der Waals surface area contributed by atoms with E-state index in [0.29, 0.717) is 0 Å². The Hall–Kier alpha value is -2.73. The van der Waals surface area contributed by atoms with Crippen molar-refractivity contribution in [1.82, 2.24) is 0 Å². The normalized spacial score (nSPS) is 11.2.